The molecule has 1 aliphatic rings. The minimum Gasteiger partial charge on any atom is -0.497 e. The van der Waals surface area contributed by atoms with Crippen LogP contribution in [0.3, 0.4) is 0 Å². The van der Waals surface area contributed by atoms with Crippen LogP contribution in [0.2, 0.25) is 0 Å². The molecule has 1 aromatic carbocycles. The van der Waals surface area contributed by atoms with Gasteiger partial charge in [0.1, 0.15) is 11.5 Å². The molecule has 1 amide bonds. The van der Waals surface area contributed by atoms with Gasteiger partial charge in [-0.3, -0.25) is 4.79 Å². The first-order valence-electron chi connectivity index (χ1n) is 9.03. The summed E-state index contributed by atoms with van der Waals surface area (Å²) in [5.74, 6) is -0.401. The van der Waals surface area contributed by atoms with E-state index in [0.717, 1.165) is 30.6 Å². The number of nitrogens with zero attached hydrogens (tertiary/aromatic N) is 1. The van der Waals surface area contributed by atoms with E-state index in [9.17, 15) is 14.4 Å². The molecule has 0 bridgehead atoms. The Balaban J connectivity index is 2.02. The molecule has 1 heterocycles. The molecule has 0 aliphatic carbocycles. The molecule has 2 rings (SSSR count). The second kappa shape index (κ2) is 10.3. The summed E-state index contributed by atoms with van der Waals surface area (Å²) in [5.41, 5.74) is 0.848. The van der Waals surface area contributed by atoms with Crippen molar-refractivity contribution in [1.82, 2.24) is 4.90 Å². The Labute approximate surface area is 164 Å². The van der Waals surface area contributed by atoms with E-state index in [0.29, 0.717) is 18.0 Å². The zero-order valence-electron chi connectivity index (χ0n) is 16.3. The number of amides is 1. The lowest BCUT2D eigenvalue weighted by Crippen LogP contribution is -2.34. The number of likely N-dealkylation sites (tertiary alicyclic amines) is 1. The summed E-state index contributed by atoms with van der Waals surface area (Å²) in [6.45, 7) is 2.02. The van der Waals surface area contributed by atoms with Gasteiger partial charge < -0.3 is 23.8 Å². The highest BCUT2D eigenvalue weighted by Crippen LogP contribution is 2.38. The van der Waals surface area contributed by atoms with Gasteiger partial charge in [0.25, 0.3) is 5.91 Å². The predicted molar refractivity (Wildman–Crippen MR) is 100.0 cm³/mol. The van der Waals surface area contributed by atoms with Crippen LogP contribution in [0.5, 0.6) is 11.5 Å². The summed E-state index contributed by atoms with van der Waals surface area (Å²) in [6, 6.07) is 5.26. The second-order valence-electron chi connectivity index (χ2n) is 6.05. The van der Waals surface area contributed by atoms with E-state index < -0.39 is 18.5 Å². The van der Waals surface area contributed by atoms with Crippen LogP contribution >= 0.6 is 0 Å². The van der Waals surface area contributed by atoms with Crippen molar-refractivity contribution < 1.29 is 33.3 Å². The van der Waals surface area contributed by atoms with Gasteiger partial charge in [-0.05, 0) is 38.0 Å². The van der Waals surface area contributed by atoms with Crippen molar-refractivity contribution >= 4 is 17.8 Å². The Bertz CT molecular complexity index is 744. The Morgan fingerprint density at radius 1 is 1.11 bits per heavy atom. The van der Waals surface area contributed by atoms with E-state index >= 15 is 0 Å². The first-order chi connectivity index (χ1) is 13.5. The van der Waals surface area contributed by atoms with Crippen molar-refractivity contribution in [3.8, 4) is 11.5 Å². The summed E-state index contributed by atoms with van der Waals surface area (Å²) >= 11 is 0. The minimum atomic E-state index is -0.781. The minimum absolute atomic E-state index is 0.189. The highest BCUT2D eigenvalue weighted by atomic mass is 16.5. The van der Waals surface area contributed by atoms with E-state index in [2.05, 4.69) is 4.74 Å². The molecule has 1 aliphatic heterocycles. The number of rotatable bonds is 8. The molecular formula is C20H25NO7. The van der Waals surface area contributed by atoms with E-state index in [1.807, 2.05) is 6.07 Å². The first-order valence-corrected chi connectivity index (χ1v) is 9.03. The predicted octanol–water partition coefficient (Wildman–Crippen LogP) is 2.03. The lowest BCUT2D eigenvalue weighted by atomic mass is 10.0. The molecule has 0 aromatic heterocycles. The standard InChI is InChI=1S/C20H25NO7/c1-4-27-19(23)9-10-20(24)28-13-18(22)21-11-5-6-16(21)15-12-14(25-2)7-8-17(15)26-3/h7-10,12,16H,4-6,11,13H2,1-3H3/b10-9+/t16-/m0/s1. The van der Waals surface area contributed by atoms with Crippen LogP contribution in [0.4, 0.5) is 0 Å². The monoisotopic (exact) mass is 391 g/mol. The highest BCUT2D eigenvalue weighted by Gasteiger charge is 2.32. The van der Waals surface area contributed by atoms with Crippen molar-refractivity contribution in [2.75, 3.05) is 34.0 Å². The fraction of sp³-hybridized carbons (Fsp3) is 0.450. The summed E-state index contributed by atoms with van der Waals surface area (Å²) in [5, 5.41) is 0. The summed E-state index contributed by atoms with van der Waals surface area (Å²) in [6.07, 6.45) is 3.51. The number of methoxy groups -OCH3 is 2. The lowest BCUT2D eigenvalue weighted by Gasteiger charge is -2.26. The fourth-order valence-electron chi connectivity index (χ4n) is 3.08. The third-order valence-electron chi connectivity index (χ3n) is 4.35. The van der Waals surface area contributed by atoms with Crippen molar-refractivity contribution in [3.63, 3.8) is 0 Å². The van der Waals surface area contributed by atoms with Crippen molar-refractivity contribution in [2.24, 2.45) is 0 Å². The van der Waals surface area contributed by atoms with Gasteiger partial charge in [0, 0.05) is 24.3 Å². The normalized spacial score (nSPS) is 16.1. The molecule has 152 valence electrons. The Kier molecular flexibility index (Phi) is 7.86. The number of ether oxygens (including phenoxy) is 4. The van der Waals surface area contributed by atoms with E-state index in [-0.39, 0.29) is 18.6 Å². The van der Waals surface area contributed by atoms with Gasteiger partial charge in [0.15, 0.2) is 6.61 Å². The topological polar surface area (TPSA) is 91.4 Å². The Hall–Kier alpha value is -3.03. The maximum absolute atomic E-state index is 12.6. The molecule has 8 nitrogen and oxygen atoms in total. The van der Waals surface area contributed by atoms with Crippen LogP contribution in [0.25, 0.3) is 0 Å². The second-order valence-corrected chi connectivity index (χ2v) is 6.05. The molecule has 0 N–H and O–H groups in total. The molecule has 0 saturated carbocycles. The van der Waals surface area contributed by atoms with E-state index in [1.165, 1.54) is 0 Å². The van der Waals surface area contributed by atoms with Crippen molar-refractivity contribution in [2.45, 2.75) is 25.8 Å². The van der Waals surface area contributed by atoms with Gasteiger partial charge in [0.2, 0.25) is 0 Å². The van der Waals surface area contributed by atoms with Gasteiger partial charge in [-0.25, -0.2) is 9.59 Å². The molecule has 8 heteroatoms. The van der Waals surface area contributed by atoms with Crippen LogP contribution in [0.1, 0.15) is 31.4 Å². The highest BCUT2D eigenvalue weighted by molar-refractivity contribution is 5.92. The van der Waals surface area contributed by atoms with Gasteiger partial charge >= 0.3 is 11.9 Å². The molecule has 28 heavy (non-hydrogen) atoms. The Morgan fingerprint density at radius 3 is 2.46 bits per heavy atom. The maximum Gasteiger partial charge on any atom is 0.331 e. The first kappa shape index (κ1) is 21.3. The third kappa shape index (κ3) is 5.48. The summed E-state index contributed by atoms with van der Waals surface area (Å²) in [7, 11) is 3.15. The van der Waals surface area contributed by atoms with Crippen LogP contribution in [0.15, 0.2) is 30.4 Å². The Morgan fingerprint density at radius 2 is 1.82 bits per heavy atom. The molecule has 1 fully saturated rings. The fourth-order valence-corrected chi connectivity index (χ4v) is 3.08. The number of benzene rings is 1. The SMILES string of the molecule is CCOC(=O)/C=C/C(=O)OCC(=O)N1CCC[C@H]1c1cc(OC)ccc1OC. The largest absolute Gasteiger partial charge is 0.497 e. The zero-order chi connectivity index (χ0) is 20.5. The van der Waals surface area contributed by atoms with E-state index in [4.69, 9.17) is 14.2 Å². The molecule has 0 unspecified atom stereocenters. The third-order valence-corrected chi connectivity index (χ3v) is 4.35. The average molecular weight is 391 g/mol. The summed E-state index contributed by atoms with van der Waals surface area (Å²) in [4.78, 5) is 37.1. The molecule has 0 radical (unpaired) electrons. The molecule has 0 spiro atoms. The molecular weight excluding hydrogens is 366 g/mol. The van der Waals surface area contributed by atoms with Gasteiger partial charge in [-0.2, -0.15) is 0 Å². The van der Waals surface area contributed by atoms with Crippen molar-refractivity contribution in [1.29, 1.82) is 0 Å². The van der Waals surface area contributed by atoms with Gasteiger partial charge in [-0.15, -0.1) is 0 Å². The molecule has 1 aromatic rings. The van der Waals surface area contributed by atoms with Gasteiger partial charge in [0.05, 0.1) is 26.9 Å². The van der Waals surface area contributed by atoms with Crippen LogP contribution < -0.4 is 9.47 Å². The number of hydrogen-bond acceptors (Lipinski definition) is 7. The number of carbonyl (C=O) groups is 3. The lowest BCUT2D eigenvalue weighted by molar-refractivity contribution is -0.148. The number of carbonyl (C=O) groups excluding carboxylic acids is 3. The maximum atomic E-state index is 12.6. The molecule has 1 atom stereocenters. The molecule has 1 saturated heterocycles. The summed E-state index contributed by atoms with van der Waals surface area (Å²) < 4.78 is 20.3. The number of hydrogen-bond donors (Lipinski definition) is 0. The average Bonchev–Trinajstić information content (AvgIpc) is 3.20. The van der Waals surface area contributed by atoms with E-state index in [1.54, 1.807) is 38.2 Å². The zero-order valence-corrected chi connectivity index (χ0v) is 16.3. The van der Waals surface area contributed by atoms with Crippen LogP contribution in [-0.4, -0.2) is 56.7 Å². The van der Waals surface area contributed by atoms with Crippen molar-refractivity contribution in [3.05, 3.63) is 35.9 Å². The quantitative estimate of drug-likeness (QED) is 0.495. The van der Waals surface area contributed by atoms with Gasteiger partial charge in [-0.1, -0.05) is 0 Å². The van der Waals surface area contributed by atoms with Crippen LogP contribution in [0, 0.1) is 0 Å². The smallest absolute Gasteiger partial charge is 0.331 e. The van der Waals surface area contributed by atoms with Crippen LogP contribution in [-0.2, 0) is 23.9 Å². The number of esters is 2.